The fourth-order valence-corrected chi connectivity index (χ4v) is 7.18. The van der Waals surface area contributed by atoms with Crippen LogP contribution in [0.4, 0.5) is 34.1 Å². The van der Waals surface area contributed by atoms with Gasteiger partial charge in [-0.25, -0.2) is 0 Å². The maximum absolute atomic E-state index is 2.41. The largest absolute Gasteiger partial charge is 0.310 e. The van der Waals surface area contributed by atoms with E-state index in [1.54, 1.807) is 0 Å². The van der Waals surface area contributed by atoms with Gasteiger partial charge in [-0.05, 0) is 82.2 Å². The Labute approximate surface area is 281 Å². The highest BCUT2D eigenvalue weighted by atomic mass is 15.2. The van der Waals surface area contributed by atoms with E-state index in [-0.39, 0.29) is 0 Å². The van der Waals surface area contributed by atoms with Crippen molar-refractivity contribution in [3.05, 3.63) is 194 Å². The third-order valence-electron chi connectivity index (χ3n) is 9.39. The van der Waals surface area contributed by atoms with E-state index in [4.69, 9.17) is 0 Å². The van der Waals surface area contributed by atoms with Gasteiger partial charge in [0, 0.05) is 33.6 Å². The quantitative estimate of drug-likeness (QED) is 0.184. The zero-order valence-corrected chi connectivity index (χ0v) is 26.4. The molecule has 0 aromatic heterocycles. The Morgan fingerprint density at radius 3 is 1.58 bits per heavy atom. The number of fused-ring (bicyclic) bond motifs is 2. The second-order valence-electron chi connectivity index (χ2n) is 12.2. The molecule has 0 amide bonds. The molecule has 226 valence electrons. The van der Waals surface area contributed by atoms with E-state index in [0.717, 1.165) is 22.7 Å². The van der Waals surface area contributed by atoms with Crippen molar-refractivity contribution in [1.29, 1.82) is 0 Å². The summed E-state index contributed by atoms with van der Waals surface area (Å²) in [6, 6.07) is 69.8. The Kier molecular flexibility index (Phi) is 6.84. The summed E-state index contributed by atoms with van der Waals surface area (Å²) >= 11 is 0. The summed E-state index contributed by atoms with van der Waals surface area (Å²) in [5, 5.41) is 2.54. The molecule has 0 atom stereocenters. The molecule has 8 aromatic carbocycles. The maximum Gasteiger partial charge on any atom is 0.0546 e. The number of para-hydroxylation sites is 2. The van der Waals surface area contributed by atoms with Crippen molar-refractivity contribution in [2.24, 2.45) is 0 Å². The van der Waals surface area contributed by atoms with Gasteiger partial charge in [0.05, 0.1) is 17.1 Å². The van der Waals surface area contributed by atoms with Crippen LogP contribution in [0.15, 0.2) is 194 Å². The molecule has 9 rings (SSSR count). The van der Waals surface area contributed by atoms with Crippen LogP contribution >= 0.6 is 0 Å². The third kappa shape index (κ3) is 4.74. The van der Waals surface area contributed by atoms with Gasteiger partial charge in [0.15, 0.2) is 0 Å². The molecule has 0 unspecified atom stereocenters. The van der Waals surface area contributed by atoms with E-state index < -0.39 is 0 Å². The normalized spacial score (nSPS) is 11.7. The highest BCUT2D eigenvalue weighted by Gasteiger charge is 2.26. The lowest BCUT2D eigenvalue weighted by molar-refractivity contribution is 1.26. The van der Waals surface area contributed by atoms with Crippen molar-refractivity contribution < 1.29 is 0 Å². The van der Waals surface area contributed by atoms with Crippen LogP contribution in [-0.4, -0.2) is 0 Å². The summed E-state index contributed by atoms with van der Waals surface area (Å²) in [4.78, 5) is 4.78. The molecule has 0 saturated heterocycles. The molecule has 48 heavy (non-hydrogen) atoms. The first kappa shape index (κ1) is 27.9. The second kappa shape index (κ2) is 11.8. The van der Waals surface area contributed by atoms with Crippen molar-refractivity contribution in [3.63, 3.8) is 0 Å². The fraction of sp³-hybridized carbons (Fsp3) is 0. The number of rotatable bonds is 6. The lowest BCUT2D eigenvalue weighted by atomic mass is 9.91. The summed E-state index contributed by atoms with van der Waals surface area (Å²) in [6.45, 7) is 0. The summed E-state index contributed by atoms with van der Waals surface area (Å²) in [7, 11) is 0. The predicted octanol–water partition coefficient (Wildman–Crippen LogP) is 13.1. The zero-order valence-electron chi connectivity index (χ0n) is 26.4. The summed E-state index contributed by atoms with van der Waals surface area (Å²) in [5.74, 6) is 0. The average Bonchev–Trinajstić information content (AvgIpc) is 3.17. The Bertz CT molecular complexity index is 2370. The first-order chi connectivity index (χ1) is 23.8. The lowest BCUT2D eigenvalue weighted by Gasteiger charge is -2.34. The standard InChI is InChI=1S/C46H32N2/c1-3-13-33(14-4-1)34-25-27-37(28-26-34)47(43-22-9-7-19-40(43)35-15-5-2-6-16-35)38-29-31-39(32-30-38)48-44-23-10-8-20-41(44)42-21-11-17-36-18-12-24-45(48)46(36)42/h1-32H. The Balaban J connectivity index is 1.18. The fourth-order valence-electron chi connectivity index (χ4n) is 7.18. The summed E-state index contributed by atoms with van der Waals surface area (Å²) in [6.07, 6.45) is 0. The Hall–Kier alpha value is -6.38. The monoisotopic (exact) mass is 612 g/mol. The van der Waals surface area contributed by atoms with Gasteiger partial charge in [-0.3, -0.25) is 0 Å². The molecular formula is C46H32N2. The molecule has 0 spiro atoms. The minimum Gasteiger partial charge on any atom is -0.310 e. The van der Waals surface area contributed by atoms with Gasteiger partial charge in [0.1, 0.15) is 0 Å². The summed E-state index contributed by atoms with van der Waals surface area (Å²) in [5.41, 5.74) is 14.2. The Morgan fingerprint density at radius 1 is 0.333 bits per heavy atom. The Morgan fingerprint density at radius 2 is 0.854 bits per heavy atom. The van der Waals surface area contributed by atoms with Gasteiger partial charge in [0.25, 0.3) is 0 Å². The van der Waals surface area contributed by atoms with E-state index in [9.17, 15) is 0 Å². The topological polar surface area (TPSA) is 6.48 Å². The van der Waals surface area contributed by atoms with Crippen LogP contribution in [0.5, 0.6) is 0 Å². The van der Waals surface area contributed by atoms with Crippen LogP contribution in [0.2, 0.25) is 0 Å². The van der Waals surface area contributed by atoms with Crippen LogP contribution in [0.1, 0.15) is 0 Å². The van der Waals surface area contributed by atoms with E-state index >= 15 is 0 Å². The SMILES string of the molecule is c1ccc(-c2ccc(N(c3ccc(N4c5ccccc5-c5cccc6cccc4c56)cc3)c3ccccc3-c3ccccc3)cc2)cc1. The highest BCUT2D eigenvalue weighted by molar-refractivity contribution is 6.13. The van der Waals surface area contributed by atoms with Crippen LogP contribution in [0.25, 0.3) is 44.2 Å². The molecule has 0 aliphatic carbocycles. The van der Waals surface area contributed by atoms with Crippen LogP contribution in [0, 0.1) is 0 Å². The minimum absolute atomic E-state index is 1.10. The first-order valence-electron chi connectivity index (χ1n) is 16.4. The molecule has 0 bridgehead atoms. The van der Waals surface area contributed by atoms with E-state index in [0.29, 0.717) is 0 Å². The second-order valence-corrected chi connectivity index (χ2v) is 12.2. The van der Waals surface area contributed by atoms with E-state index in [1.807, 2.05) is 0 Å². The van der Waals surface area contributed by atoms with Crippen molar-refractivity contribution in [1.82, 2.24) is 0 Å². The molecule has 0 N–H and O–H groups in total. The molecule has 2 heteroatoms. The smallest absolute Gasteiger partial charge is 0.0546 e. The summed E-state index contributed by atoms with van der Waals surface area (Å²) < 4.78 is 0. The van der Waals surface area contributed by atoms with Crippen molar-refractivity contribution in [2.45, 2.75) is 0 Å². The number of anilines is 6. The third-order valence-corrected chi connectivity index (χ3v) is 9.39. The molecule has 0 fully saturated rings. The van der Waals surface area contributed by atoms with Crippen molar-refractivity contribution in [2.75, 3.05) is 9.80 Å². The number of benzene rings is 8. The predicted molar refractivity (Wildman–Crippen MR) is 203 cm³/mol. The highest BCUT2D eigenvalue weighted by Crippen LogP contribution is 2.51. The lowest BCUT2D eigenvalue weighted by Crippen LogP contribution is -2.15. The van der Waals surface area contributed by atoms with Crippen molar-refractivity contribution in [3.8, 4) is 33.4 Å². The molecule has 2 nitrogen and oxygen atoms in total. The molecule has 1 aliphatic rings. The molecule has 8 aromatic rings. The van der Waals surface area contributed by atoms with Gasteiger partial charge in [-0.1, -0.05) is 140 Å². The van der Waals surface area contributed by atoms with E-state index in [1.165, 1.54) is 55.5 Å². The van der Waals surface area contributed by atoms with Crippen LogP contribution in [0.3, 0.4) is 0 Å². The number of nitrogens with zero attached hydrogens (tertiary/aromatic N) is 2. The van der Waals surface area contributed by atoms with Crippen LogP contribution in [-0.2, 0) is 0 Å². The molecule has 0 radical (unpaired) electrons. The van der Waals surface area contributed by atoms with E-state index in [2.05, 4.69) is 204 Å². The average molecular weight is 613 g/mol. The molecular weight excluding hydrogens is 581 g/mol. The van der Waals surface area contributed by atoms with Crippen LogP contribution < -0.4 is 9.80 Å². The van der Waals surface area contributed by atoms with Gasteiger partial charge < -0.3 is 9.80 Å². The van der Waals surface area contributed by atoms with Gasteiger partial charge in [0.2, 0.25) is 0 Å². The number of hydrogen-bond acceptors (Lipinski definition) is 2. The van der Waals surface area contributed by atoms with Gasteiger partial charge in [-0.15, -0.1) is 0 Å². The first-order valence-corrected chi connectivity index (χ1v) is 16.4. The molecule has 0 saturated carbocycles. The molecule has 1 aliphatic heterocycles. The van der Waals surface area contributed by atoms with Gasteiger partial charge >= 0.3 is 0 Å². The minimum atomic E-state index is 1.10. The maximum atomic E-state index is 2.41. The molecule has 1 heterocycles. The van der Waals surface area contributed by atoms with Gasteiger partial charge in [-0.2, -0.15) is 0 Å². The van der Waals surface area contributed by atoms with Crippen molar-refractivity contribution >= 4 is 44.9 Å². The number of hydrogen-bond donors (Lipinski definition) is 0. The zero-order chi connectivity index (χ0) is 31.9.